The lowest BCUT2D eigenvalue weighted by atomic mass is 10.4. The Bertz CT molecular complexity index is 528. The molecule has 0 radical (unpaired) electrons. The molecule has 0 spiro atoms. The molecule has 18 heavy (non-hydrogen) atoms. The average molecular weight is 289 g/mol. The summed E-state index contributed by atoms with van der Waals surface area (Å²) in [6.07, 6.45) is 0. The molecule has 5 nitrogen and oxygen atoms in total. The van der Waals surface area contributed by atoms with Gasteiger partial charge in [0.05, 0.1) is 18.0 Å². The van der Waals surface area contributed by atoms with Gasteiger partial charge in [-0.05, 0) is 12.1 Å². The molecule has 0 aromatic heterocycles. The monoisotopic (exact) mass is 288 g/mol. The molecule has 0 aliphatic rings. The zero-order valence-electron chi connectivity index (χ0n) is 9.52. The summed E-state index contributed by atoms with van der Waals surface area (Å²) < 4.78 is 25.7. The lowest BCUT2D eigenvalue weighted by molar-refractivity contribution is -0.119. The SMILES string of the molecule is C=C(Cl)CNC(=O)CNS(=O)(=O)c1ccccc1. The molecule has 1 rings (SSSR count). The molecule has 0 saturated heterocycles. The molecule has 1 aromatic carbocycles. The average Bonchev–Trinajstić information content (AvgIpc) is 2.35. The summed E-state index contributed by atoms with van der Waals surface area (Å²) >= 11 is 5.46. The predicted octanol–water partition coefficient (Wildman–Crippen LogP) is 0.834. The van der Waals surface area contributed by atoms with Gasteiger partial charge in [-0.25, -0.2) is 13.1 Å². The van der Waals surface area contributed by atoms with Crippen LogP contribution in [0.25, 0.3) is 0 Å². The first-order valence-corrected chi connectivity index (χ1v) is 6.92. The van der Waals surface area contributed by atoms with Crippen molar-refractivity contribution in [1.29, 1.82) is 0 Å². The number of rotatable bonds is 6. The highest BCUT2D eigenvalue weighted by atomic mass is 35.5. The number of nitrogens with one attached hydrogen (secondary N) is 2. The first-order valence-electron chi connectivity index (χ1n) is 5.06. The van der Waals surface area contributed by atoms with Gasteiger partial charge in [0.1, 0.15) is 0 Å². The van der Waals surface area contributed by atoms with Crippen molar-refractivity contribution in [2.24, 2.45) is 0 Å². The first kappa shape index (κ1) is 14.7. The highest BCUT2D eigenvalue weighted by Crippen LogP contribution is 2.06. The highest BCUT2D eigenvalue weighted by molar-refractivity contribution is 7.89. The Balaban J connectivity index is 2.53. The van der Waals surface area contributed by atoms with Gasteiger partial charge in [0, 0.05) is 5.03 Å². The second-order valence-electron chi connectivity index (χ2n) is 3.43. The van der Waals surface area contributed by atoms with Gasteiger partial charge in [-0.2, -0.15) is 0 Å². The number of amides is 1. The molecule has 0 unspecified atom stereocenters. The van der Waals surface area contributed by atoms with Crippen molar-refractivity contribution in [3.8, 4) is 0 Å². The Kier molecular flexibility index (Phi) is 5.33. The Hall–Kier alpha value is -1.37. The van der Waals surface area contributed by atoms with E-state index in [1.54, 1.807) is 18.2 Å². The van der Waals surface area contributed by atoms with Gasteiger partial charge in [-0.3, -0.25) is 4.79 Å². The minimum absolute atomic E-state index is 0.105. The van der Waals surface area contributed by atoms with Crippen molar-refractivity contribution in [3.05, 3.63) is 41.9 Å². The number of sulfonamides is 1. The van der Waals surface area contributed by atoms with Crippen LogP contribution in [-0.2, 0) is 14.8 Å². The van der Waals surface area contributed by atoms with Crippen molar-refractivity contribution in [2.75, 3.05) is 13.1 Å². The van der Waals surface area contributed by atoms with E-state index in [1.807, 2.05) is 0 Å². The zero-order chi connectivity index (χ0) is 13.6. The molecule has 98 valence electrons. The van der Waals surface area contributed by atoms with Gasteiger partial charge >= 0.3 is 0 Å². The fourth-order valence-corrected chi connectivity index (χ4v) is 2.17. The van der Waals surface area contributed by atoms with Crippen LogP contribution in [0.3, 0.4) is 0 Å². The number of carbonyl (C=O) groups is 1. The molecule has 0 aliphatic carbocycles. The second-order valence-corrected chi connectivity index (χ2v) is 5.73. The van der Waals surface area contributed by atoms with Gasteiger partial charge in [-0.15, -0.1) is 0 Å². The maximum Gasteiger partial charge on any atom is 0.241 e. The van der Waals surface area contributed by atoms with Crippen molar-refractivity contribution in [2.45, 2.75) is 4.90 Å². The van der Waals surface area contributed by atoms with Gasteiger partial charge in [-0.1, -0.05) is 36.4 Å². The number of benzene rings is 1. The molecule has 1 amide bonds. The smallest absolute Gasteiger partial charge is 0.241 e. The molecule has 2 N–H and O–H groups in total. The van der Waals surface area contributed by atoms with Crippen molar-refractivity contribution in [3.63, 3.8) is 0 Å². The Morgan fingerprint density at radius 2 is 1.83 bits per heavy atom. The van der Waals surface area contributed by atoms with Gasteiger partial charge in [0.25, 0.3) is 0 Å². The number of hydrogen-bond acceptors (Lipinski definition) is 3. The van der Waals surface area contributed by atoms with E-state index in [0.29, 0.717) is 0 Å². The van der Waals surface area contributed by atoms with E-state index in [2.05, 4.69) is 16.6 Å². The fraction of sp³-hybridized carbons (Fsp3) is 0.182. The second kappa shape index (κ2) is 6.53. The van der Waals surface area contributed by atoms with Crippen LogP contribution in [-0.4, -0.2) is 27.4 Å². The maximum atomic E-state index is 11.7. The molecular formula is C11H13ClN2O3S. The number of hydrogen-bond donors (Lipinski definition) is 2. The highest BCUT2D eigenvalue weighted by Gasteiger charge is 2.14. The summed E-state index contributed by atoms with van der Waals surface area (Å²) in [6, 6.07) is 7.80. The molecule has 0 saturated carbocycles. The molecule has 1 aromatic rings. The van der Waals surface area contributed by atoms with E-state index in [4.69, 9.17) is 11.6 Å². The van der Waals surface area contributed by atoms with Crippen LogP contribution >= 0.6 is 11.6 Å². The molecule has 0 fully saturated rings. The summed E-state index contributed by atoms with van der Waals surface area (Å²) in [4.78, 5) is 11.4. The fourth-order valence-electron chi connectivity index (χ4n) is 1.10. The predicted molar refractivity (Wildman–Crippen MR) is 69.6 cm³/mol. The van der Waals surface area contributed by atoms with Gasteiger partial charge in [0.2, 0.25) is 15.9 Å². The number of carbonyl (C=O) groups excluding carboxylic acids is 1. The first-order chi connectivity index (χ1) is 8.42. The summed E-state index contributed by atoms with van der Waals surface area (Å²) in [5, 5.41) is 2.68. The third kappa shape index (κ3) is 4.87. The quantitative estimate of drug-likeness (QED) is 0.814. The van der Waals surface area contributed by atoms with E-state index in [-0.39, 0.29) is 23.0 Å². The summed E-state index contributed by atoms with van der Waals surface area (Å²) in [7, 11) is -3.66. The minimum Gasteiger partial charge on any atom is -0.350 e. The van der Waals surface area contributed by atoms with Crippen LogP contribution in [0, 0.1) is 0 Å². The van der Waals surface area contributed by atoms with E-state index >= 15 is 0 Å². The van der Waals surface area contributed by atoms with Crippen molar-refractivity contribution >= 4 is 27.5 Å². The Morgan fingerprint density at radius 1 is 1.22 bits per heavy atom. The van der Waals surface area contributed by atoms with Crippen LogP contribution in [0.2, 0.25) is 0 Å². The lowest BCUT2D eigenvalue weighted by Gasteiger charge is -2.07. The molecule has 7 heteroatoms. The van der Waals surface area contributed by atoms with Gasteiger partial charge < -0.3 is 5.32 Å². The number of halogens is 1. The molecule has 0 atom stereocenters. The summed E-state index contributed by atoms with van der Waals surface area (Å²) in [5.74, 6) is -0.476. The zero-order valence-corrected chi connectivity index (χ0v) is 11.1. The largest absolute Gasteiger partial charge is 0.350 e. The van der Waals surface area contributed by atoms with Crippen LogP contribution in [0.4, 0.5) is 0 Å². The standard InChI is InChI=1S/C11H13ClN2O3S/c1-9(12)7-13-11(15)8-14-18(16,17)10-5-3-2-4-6-10/h2-6,14H,1,7-8H2,(H,13,15). The topological polar surface area (TPSA) is 75.3 Å². The summed E-state index contributed by atoms with van der Waals surface area (Å²) in [6.45, 7) is 3.15. The molecule has 0 heterocycles. The van der Waals surface area contributed by atoms with Crippen molar-refractivity contribution in [1.82, 2.24) is 10.0 Å². The molecule has 0 bridgehead atoms. The maximum absolute atomic E-state index is 11.7. The van der Waals surface area contributed by atoms with Gasteiger partial charge in [0.15, 0.2) is 0 Å². The van der Waals surface area contributed by atoms with Crippen LogP contribution in [0.1, 0.15) is 0 Å². The lowest BCUT2D eigenvalue weighted by Crippen LogP contribution is -2.37. The van der Waals surface area contributed by atoms with Crippen LogP contribution < -0.4 is 10.0 Å². The molecule has 0 aliphatic heterocycles. The van der Waals surface area contributed by atoms with Crippen LogP contribution in [0.5, 0.6) is 0 Å². The van der Waals surface area contributed by atoms with E-state index in [0.717, 1.165) is 0 Å². The minimum atomic E-state index is -3.66. The van der Waals surface area contributed by atoms with E-state index in [9.17, 15) is 13.2 Å². The third-order valence-electron chi connectivity index (χ3n) is 1.95. The molecular weight excluding hydrogens is 276 g/mol. The Labute approximate surface area is 111 Å². The third-order valence-corrected chi connectivity index (χ3v) is 3.50. The normalized spacial score (nSPS) is 10.9. The van der Waals surface area contributed by atoms with E-state index in [1.165, 1.54) is 12.1 Å². The Morgan fingerprint density at radius 3 is 2.39 bits per heavy atom. The van der Waals surface area contributed by atoms with Crippen molar-refractivity contribution < 1.29 is 13.2 Å². The van der Waals surface area contributed by atoms with E-state index < -0.39 is 15.9 Å². The summed E-state index contributed by atoms with van der Waals surface area (Å²) in [5.41, 5.74) is 0. The van der Waals surface area contributed by atoms with Crippen LogP contribution in [0.15, 0.2) is 46.8 Å².